The molecule has 2 rings (SSSR count). The van der Waals surface area contributed by atoms with Gasteiger partial charge in [-0.25, -0.2) is 0 Å². The lowest BCUT2D eigenvalue weighted by molar-refractivity contribution is 0.282. The Morgan fingerprint density at radius 1 is 1.10 bits per heavy atom. The number of nitrogens with zero attached hydrogens (tertiary/aromatic N) is 1. The van der Waals surface area contributed by atoms with Crippen LogP contribution in [-0.4, -0.2) is 10.2 Å². The lowest BCUT2D eigenvalue weighted by Gasteiger charge is -2.13. The summed E-state index contributed by atoms with van der Waals surface area (Å²) in [5, 5.41) is 24.5. The van der Waals surface area contributed by atoms with Crippen molar-refractivity contribution in [3.8, 4) is 6.07 Å². The molecule has 0 bridgehead atoms. The number of benzene rings is 2. The summed E-state index contributed by atoms with van der Waals surface area (Å²) in [6.07, 6.45) is 0. The average molecular weight is 283 g/mol. The van der Waals surface area contributed by atoms with Crippen molar-refractivity contribution in [2.75, 3.05) is 10.6 Å². The number of nitriles is 1. The minimum atomic E-state index is -0.0529. The van der Waals surface area contributed by atoms with Gasteiger partial charge < -0.3 is 15.7 Å². The van der Waals surface area contributed by atoms with Crippen LogP contribution in [0.5, 0.6) is 0 Å². The third-order valence-corrected chi connectivity index (χ3v) is 2.91. The second-order valence-corrected chi connectivity index (χ2v) is 4.49. The van der Waals surface area contributed by atoms with Gasteiger partial charge in [-0.2, -0.15) is 5.26 Å². The molecule has 0 amide bonds. The zero-order valence-corrected chi connectivity index (χ0v) is 11.4. The Kier molecular flexibility index (Phi) is 4.66. The van der Waals surface area contributed by atoms with Crippen molar-refractivity contribution in [1.29, 1.82) is 5.26 Å². The zero-order valence-electron chi connectivity index (χ0n) is 10.6. The molecule has 100 valence electrons. The molecule has 0 saturated carbocycles. The first-order chi connectivity index (χ1) is 9.72. The van der Waals surface area contributed by atoms with Crippen LogP contribution in [0, 0.1) is 11.3 Å². The Morgan fingerprint density at radius 2 is 1.80 bits per heavy atom. The first kappa shape index (κ1) is 14.0. The molecule has 0 fully saturated rings. The molecule has 3 N–H and O–H groups in total. The van der Waals surface area contributed by atoms with E-state index in [1.165, 1.54) is 0 Å². The van der Waals surface area contributed by atoms with E-state index in [0.717, 1.165) is 16.9 Å². The normalized spacial score (nSPS) is 9.60. The number of anilines is 2. The quantitative estimate of drug-likeness (QED) is 0.756. The summed E-state index contributed by atoms with van der Waals surface area (Å²) in [6, 6.07) is 16.4. The van der Waals surface area contributed by atoms with E-state index in [0.29, 0.717) is 10.7 Å². The van der Waals surface area contributed by atoms with E-state index < -0.39 is 0 Å². The molecule has 0 atom stereocenters. The number of hydrogen-bond acceptors (Lipinski definition) is 3. The SMILES string of the molecule is N#Cc1ccc(NC(=S)Nc2ccccc2CO)cc1. The van der Waals surface area contributed by atoms with Crippen LogP contribution in [0.15, 0.2) is 48.5 Å². The second kappa shape index (κ2) is 6.66. The summed E-state index contributed by atoms with van der Waals surface area (Å²) in [7, 11) is 0. The highest BCUT2D eigenvalue weighted by Gasteiger charge is 2.03. The minimum absolute atomic E-state index is 0.0529. The van der Waals surface area contributed by atoms with Crippen LogP contribution in [0.25, 0.3) is 0 Å². The summed E-state index contributed by atoms with van der Waals surface area (Å²) in [6.45, 7) is -0.0529. The second-order valence-electron chi connectivity index (χ2n) is 4.08. The van der Waals surface area contributed by atoms with E-state index >= 15 is 0 Å². The van der Waals surface area contributed by atoms with Crippen molar-refractivity contribution in [1.82, 2.24) is 0 Å². The fourth-order valence-corrected chi connectivity index (χ4v) is 1.92. The van der Waals surface area contributed by atoms with Crippen LogP contribution in [0.1, 0.15) is 11.1 Å². The third kappa shape index (κ3) is 3.54. The maximum atomic E-state index is 9.24. The van der Waals surface area contributed by atoms with Crippen molar-refractivity contribution in [2.45, 2.75) is 6.61 Å². The van der Waals surface area contributed by atoms with Gasteiger partial charge >= 0.3 is 0 Å². The Bertz CT molecular complexity index is 647. The van der Waals surface area contributed by atoms with E-state index in [4.69, 9.17) is 17.5 Å². The number of thiocarbonyl (C=S) groups is 1. The van der Waals surface area contributed by atoms with Crippen molar-refractivity contribution in [3.05, 3.63) is 59.7 Å². The van der Waals surface area contributed by atoms with E-state index in [1.807, 2.05) is 24.3 Å². The third-order valence-electron chi connectivity index (χ3n) is 2.71. The summed E-state index contributed by atoms with van der Waals surface area (Å²) in [5.41, 5.74) is 2.93. The van der Waals surface area contributed by atoms with Crippen molar-refractivity contribution >= 4 is 28.7 Å². The van der Waals surface area contributed by atoms with Gasteiger partial charge in [-0.1, -0.05) is 18.2 Å². The maximum Gasteiger partial charge on any atom is 0.175 e. The molecule has 0 unspecified atom stereocenters. The summed E-state index contributed by atoms with van der Waals surface area (Å²) in [4.78, 5) is 0. The molecule has 5 heteroatoms. The lowest BCUT2D eigenvalue weighted by Crippen LogP contribution is -2.19. The van der Waals surface area contributed by atoms with Crippen LogP contribution < -0.4 is 10.6 Å². The topological polar surface area (TPSA) is 68.1 Å². The molecular weight excluding hydrogens is 270 g/mol. The standard InChI is InChI=1S/C15H13N3OS/c16-9-11-5-7-13(8-6-11)17-15(20)18-14-4-2-1-3-12(14)10-19/h1-8,19H,10H2,(H2,17,18,20). The zero-order chi connectivity index (χ0) is 14.4. The molecule has 0 spiro atoms. The van der Waals surface area contributed by atoms with E-state index in [-0.39, 0.29) is 6.61 Å². The van der Waals surface area contributed by atoms with E-state index in [9.17, 15) is 5.11 Å². The van der Waals surface area contributed by atoms with Crippen LogP contribution in [0.2, 0.25) is 0 Å². The van der Waals surface area contributed by atoms with Crippen molar-refractivity contribution < 1.29 is 5.11 Å². The molecule has 0 aromatic heterocycles. The average Bonchev–Trinajstić information content (AvgIpc) is 2.48. The Balaban J connectivity index is 2.03. The van der Waals surface area contributed by atoms with Crippen LogP contribution in [-0.2, 0) is 6.61 Å². The minimum Gasteiger partial charge on any atom is -0.392 e. The summed E-state index contributed by atoms with van der Waals surface area (Å²) >= 11 is 5.22. The van der Waals surface area contributed by atoms with Crippen LogP contribution in [0.3, 0.4) is 0 Å². The van der Waals surface area contributed by atoms with Crippen molar-refractivity contribution in [2.24, 2.45) is 0 Å². The van der Waals surface area contributed by atoms with Gasteiger partial charge in [-0.15, -0.1) is 0 Å². The highest BCUT2D eigenvalue weighted by Crippen LogP contribution is 2.16. The number of aliphatic hydroxyl groups is 1. The van der Waals surface area contributed by atoms with Gasteiger partial charge in [0.25, 0.3) is 0 Å². The fraction of sp³-hybridized carbons (Fsp3) is 0.0667. The molecule has 2 aromatic rings. The fourth-order valence-electron chi connectivity index (χ4n) is 1.69. The summed E-state index contributed by atoms with van der Waals surface area (Å²) in [5.74, 6) is 0. The highest BCUT2D eigenvalue weighted by atomic mass is 32.1. The molecule has 20 heavy (non-hydrogen) atoms. The van der Waals surface area contributed by atoms with E-state index in [1.54, 1.807) is 24.3 Å². The Hall–Kier alpha value is -2.42. The first-order valence-electron chi connectivity index (χ1n) is 6.00. The number of nitrogens with one attached hydrogen (secondary N) is 2. The Labute approximate surface area is 122 Å². The molecule has 0 saturated heterocycles. The first-order valence-corrected chi connectivity index (χ1v) is 6.40. The predicted molar refractivity (Wildman–Crippen MR) is 83.4 cm³/mol. The van der Waals surface area contributed by atoms with Crippen molar-refractivity contribution in [3.63, 3.8) is 0 Å². The largest absolute Gasteiger partial charge is 0.392 e. The predicted octanol–water partition coefficient (Wildman–Crippen LogP) is 2.86. The summed E-state index contributed by atoms with van der Waals surface area (Å²) < 4.78 is 0. The smallest absolute Gasteiger partial charge is 0.175 e. The van der Waals surface area contributed by atoms with Gasteiger partial charge in [0.2, 0.25) is 0 Å². The van der Waals surface area contributed by atoms with Crippen LogP contribution in [0.4, 0.5) is 11.4 Å². The van der Waals surface area contributed by atoms with Gasteiger partial charge in [0.1, 0.15) is 0 Å². The molecule has 0 radical (unpaired) electrons. The molecule has 0 heterocycles. The lowest BCUT2D eigenvalue weighted by atomic mass is 10.2. The molecule has 0 aliphatic rings. The van der Waals surface area contributed by atoms with Gasteiger partial charge in [0.05, 0.1) is 18.2 Å². The maximum absolute atomic E-state index is 9.24. The molecule has 2 aromatic carbocycles. The monoisotopic (exact) mass is 283 g/mol. The van der Waals surface area contributed by atoms with Gasteiger partial charge in [-0.05, 0) is 42.5 Å². The number of aliphatic hydroxyl groups excluding tert-OH is 1. The highest BCUT2D eigenvalue weighted by molar-refractivity contribution is 7.80. The van der Waals surface area contributed by atoms with Crippen LogP contribution >= 0.6 is 12.2 Å². The molecule has 4 nitrogen and oxygen atoms in total. The Morgan fingerprint density at radius 3 is 2.45 bits per heavy atom. The van der Waals surface area contributed by atoms with Gasteiger partial charge in [-0.3, -0.25) is 0 Å². The van der Waals surface area contributed by atoms with E-state index in [2.05, 4.69) is 16.7 Å². The number of hydrogen-bond donors (Lipinski definition) is 3. The molecular formula is C15H13N3OS. The molecule has 0 aliphatic carbocycles. The number of rotatable bonds is 3. The van der Waals surface area contributed by atoms with Gasteiger partial charge in [0.15, 0.2) is 5.11 Å². The van der Waals surface area contributed by atoms with Gasteiger partial charge in [0, 0.05) is 16.9 Å². The molecule has 0 aliphatic heterocycles. The number of para-hydroxylation sites is 1.